The highest BCUT2D eigenvalue weighted by Gasteiger charge is 2.36. The summed E-state index contributed by atoms with van der Waals surface area (Å²) in [6.45, 7) is 2.09. The highest BCUT2D eigenvalue weighted by molar-refractivity contribution is 6.00. The maximum atomic E-state index is 12.4. The van der Waals surface area contributed by atoms with Gasteiger partial charge in [0, 0.05) is 11.0 Å². The Kier molecular flexibility index (Phi) is 2.99. The van der Waals surface area contributed by atoms with E-state index in [0.717, 1.165) is 24.2 Å². The zero-order valence-electron chi connectivity index (χ0n) is 9.95. The number of hydrogen-bond acceptors (Lipinski definition) is 2. The van der Waals surface area contributed by atoms with Gasteiger partial charge < -0.3 is 4.74 Å². The van der Waals surface area contributed by atoms with Crippen LogP contribution in [0.25, 0.3) is 0 Å². The fraction of sp³-hybridized carbons (Fsp3) is 0.500. The molecule has 0 saturated heterocycles. The highest BCUT2D eigenvalue weighted by Crippen LogP contribution is 2.40. The van der Waals surface area contributed by atoms with Crippen LogP contribution in [0.5, 0.6) is 5.75 Å². The molecule has 1 fully saturated rings. The van der Waals surface area contributed by atoms with Crippen molar-refractivity contribution in [1.82, 2.24) is 0 Å². The van der Waals surface area contributed by atoms with E-state index in [1.165, 1.54) is 12.8 Å². The Labute approximate surface area is 96.6 Å². The average Bonchev–Trinajstić information content (AvgIpc) is 2.76. The summed E-state index contributed by atoms with van der Waals surface area (Å²) in [4.78, 5) is 12.4. The van der Waals surface area contributed by atoms with E-state index >= 15 is 0 Å². The number of Topliss-reactive ketones (excluding diaryl/α,β-unsaturated/α-hetero) is 1. The van der Waals surface area contributed by atoms with Crippen molar-refractivity contribution in [2.75, 3.05) is 7.11 Å². The number of carbonyl (C=O) groups is 1. The molecule has 16 heavy (non-hydrogen) atoms. The van der Waals surface area contributed by atoms with Crippen molar-refractivity contribution in [3.05, 3.63) is 29.8 Å². The van der Waals surface area contributed by atoms with Crippen LogP contribution in [0.1, 0.15) is 43.0 Å². The van der Waals surface area contributed by atoms with E-state index in [-0.39, 0.29) is 11.2 Å². The molecule has 2 heteroatoms. The van der Waals surface area contributed by atoms with Gasteiger partial charge in [0.25, 0.3) is 0 Å². The lowest BCUT2D eigenvalue weighted by atomic mass is 9.81. The summed E-state index contributed by atoms with van der Waals surface area (Å²) < 4.78 is 5.15. The minimum absolute atomic E-state index is 0.146. The molecule has 2 rings (SSSR count). The lowest BCUT2D eigenvalue weighted by Gasteiger charge is -2.21. The predicted molar refractivity (Wildman–Crippen MR) is 63.9 cm³/mol. The summed E-state index contributed by atoms with van der Waals surface area (Å²) in [5, 5.41) is 0. The molecule has 1 aromatic rings. The molecule has 0 spiro atoms. The van der Waals surface area contributed by atoms with Gasteiger partial charge in [-0.1, -0.05) is 31.9 Å². The van der Waals surface area contributed by atoms with Crippen LogP contribution in [-0.4, -0.2) is 12.9 Å². The van der Waals surface area contributed by atoms with E-state index in [0.29, 0.717) is 0 Å². The molecule has 0 N–H and O–H groups in total. The summed E-state index contributed by atoms with van der Waals surface area (Å²) in [7, 11) is 1.63. The zero-order valence-corrected chi connectivity index (χ0v) is 9.95. The molecule has 86 valence electrons. The van der Waals surface area contributed by atoms with Crippen LogP contribution < -0.4 is 4.74 Å². The summed E-state index contributed by atoms with van der Waals surface area (Å²) in [6, 6.07) is 7.47. The average molecular weight is 218 g/mol. The van der Waals surface area contributed by atoms with Crippen molar-refractivity contribution >= 4 is 5.78 Å². The van der Waals surface area contributed by atoms with Gasteiger partial charge >= 0.3 is 0 Å². The van der Waals surface area contributed by atoms with E-state index in [4.69, 9.17) is 4.74 Å². The van der Waals surface area contributed by atoms with Crippen LogP contribution in [0.4, 0.5) is 0 Å². The largest absolute Gasteiger partial charge is 0.497 e. The molecule has 2 nitrogen and oxygen atoms in total. The first-order valence-electron chi connectivity index (χ1n) is 5.84. The molecule has 1 aliphatic carbocycles. The van der Waals surface area contributed by atoms with Gasteiger partial charge in [-0.2, -0.15) is 0 Å². The number of ether oxygens (including phenoxy) is 1. The summed E-state index contributed by atoms with van der Waals surface area (Å²) in [5.74, 6) is 1.02. The van der Waals surface area contributed by atoms with Crippen molar-refractivity contribution in [1.29, 1.82) is 0 Å². The molecular weight excluding hydrogens is 200 g/mol. The quantitative estimate of drug-likeness (QED) is 0.726. The van der Waals surface area contributed by atoms with Gasteiger partial charge in [-0.3, -0.25) is 4.79 Å². The van der Waals surface area contributed by atoms with E-state index in [1.54, 1.807) is 7.11 Å². The smallest absolute Gasteiger partial charge is 0.168 e. The lowest BCUT2D eigenvalue weighted by molar-refractivity contribution is 0.0823. The normalized spacial score (nSPS) is 18.4. The lowest BCUT2D eigenvalue weighted by Crippen LogP contribution is -2.24. The minimum atomic E-state index is -0.146. The predicted octanol–water partition coefficient (Wildman–Crippen LogP) is 3.46. The van der Waals surface area contributed by atoms with Crippen LogP contribution >= 0.6 is 0 Å². The first-order valence-corrected chi connectivity index (χ1v) is 5.84. The molecule has 0 aromatic heterocycles. The van der Waals surface area contributed by atoms with Gasteiger partial charge in [-0.05, 0) is 25.0 Å². The number of benzene rings is 1. The Morgan fingerprint density at radius 1 is 1.31 bits per heavy atom. The summed E-state index contributed by atoms with van der Waals surface area (Å²) >= 11 is 0. The Bertz CT molecular complexity index is 389. The number of rotatable bonds is 3. The first kappa shape index (κ1) is 11.2. The van der Waals surface area contributed by atoms with Gasteiger partial charge in [0.1, 0.15) is 5.75 Å². The maximum absolute atomic E-state index is 12.4. The molecule has 0 unspecified atom stereocenters. The van der Waals surface area contributed by atoms with Crippen LogP contribution in [0.2, 0.25) is 0 Å². The third kappa shape index (κ3) is 1.97. The fourth-order valence-electron chi connectivity index (χ4n) is 2.50. The molecule has 0 heterocycles. The molecule has 0 amide bonds. The van der Waals surface area contributed by atoms with Crippen LogP contribution in [0.3, 0.4) is 0 Å². The van der Waals surface area contributed by atoms with Crippen molar-refractivity contribution < 1.29 is 9.53 Å². The van der Waals surface area contributed by atoms with Gasteiger partial charge in [0.2, 0.25) is 0 Å². The SMILES string of the molecule is COc1cccc(C(=O)C2(C)CCCC2)c1. The molecular formula is C14H18O2. The summed E-state index contributed by atoms with van der Waals surface area (Å²) in [6.07, 6.45) is 4.38. The van der Waals surface area contributed by atoms with Crippen molar-refractivity contribution in [2.45, 2.75) is 32.6 Å². The second-order valence-corrected chi connectivity index (χ2v) is 4.83. The van der Waals surface area contributed by atoms with E-state index in [1.807, 2.05) is 24.3 Å². The van der Waals surface area contributed by atoms with Gasteiger partial charge in [0.05, 0.1) is 7.11 Å². The maximum Gasteiger partial charge on any atom is 0.168 e. The molecule has 0 aliphatic heterocycles. The van der Waals surface area contributed by atoms with Crippen molar-refractivity contribution in [3.8, 4) is 5.75 Å². The molecule has 0 radical (unpaired) electrons. The van der Waals surface area contributed by atoms with Gasteiger partial charge in [-0.15, -0.1) is 0 Å². The van der Waals surface area contributed by atoms with E-state index in [2.05, 4.69) is 6.92 Å². The van der Waals surface area contributed by atoms with Crippen LogP contribution in [0.15, 0.2) is 24.3 Å². The second kappa shape index (κ2) is 4.28. The zero-order chi connectivity index (χ0) is 11.6. The Morgan fingerprint density at radius 2 is 2.00 bits per heavy atom. The molecule has 1 aromatic carbocycles. The standard InChI is InChI=1S/C14H18O2/c1-14(8-3-4-9-14)13(15)11-6-5-7-12(10-11)16-2/h5-7,10H,3-4,8-9H2,1-2H3. The van der Waals surface area contributed by atoms with Crippen LogP contribution in [0, 0.1) is 5.41 Å². The van der Waals surface area contributed by atoms with Crippen molar-refractivity contribution in [3.63, 3.8) is 0 Å². The third-order valence-corrected chi connectivity index (χ3v) is 3.59. The summed E-state index contributed by atoms with van der Waals surface area (Å²) in [5.41, 5.74) is 0.635. The number of methoxy groups -OCH3 is 1. The van der Waals surface area contributed by atoms with E-state index in [9.17, 15) is 4.79 Å². The Balaban J connectivity index is 2.26. The molecule has 0 bridgehead atoms. The minimum Gasteiger partial charge on any atom is -0.497 e. The Morgan fingerprint density at radius 3 is 2.62 bits per heavy atom. The second-order valence-electron chi connectivity index (χ2n) is 4.83. The fourth-order valence-corrected chi connectivity index (χ4v) is 2.50. The first-order chi connectivity index (χ1) is 7.65. The molecule has 1 aliphatic rings. The van der Waals surface area contributed by atoms with Crippen LogP contribution in [-0.2, 0) is 0 Å². The molecule has 0 atom stereocenters. The number of hydrogen-bond donors (Lipinski definition) is 0. The van der Waals surface area contributed by atoms with Gasteiger partial charge in [-0.25, -0.2) is 0 Å². The number of ketones is 1. The third-order valence-electron chi connectivity index (χ3n) is 3.59. The van der Waals surface area contributed by atoms with Crippen molar-refractivity contribution in [2.24, 2.45) is 5.41 Å². The topological polar surface area (TPSA) is 26.3 Å². The van der Waals surface area contributed by atoms with E-state index < -0.39 is 0 Å². The highest BCUT2D eigenvalue weighted by atomic mass is 16.5. The van der Waals surface area contributed by atoms with Gasteiger partial charge in [0.15, 0.2) is 5.78 Å². The Hall–Kier alpha value is -1.31. The molecule has 1 saturated carbocycles. The number of carbonyl (C=O) groups excluding carboxylic acids is 1. The monoisotopic (exact) mass is 218 g/mol.